The Bertz CT molecular complexity index is 445. The number of cyclic esters (lactones) is 1. The van der Waals surface area contributed by atoms with Crippen molar-refractivity contribution in [2.24, 2.45) is 0 Å². The number of esters is 1. The Kier molecular flexibility index (Phi) is 7.55. The molecular formula is C17H22O3. The van der Waals surface area contributed by atoms with Crippen molar-refractivity contribution < 1.29 is 14.6 Å². The minimum atomic E-state index is -0.766. The van der Waals surface area contributed by atoms with Crippen LogP contribution >= 0.6 is 0 Å². The van der Waals surface area contributed by atoms with Gasteiger partial charge < -0.3 is 9.84 Å². The molecule has 3 heteroatoms. The topological polar surface area (TPSA) is 46.5 Å². The molecule has 0 aromatic heterocycles. The van der Waals surface area contributed by atoms with E-state index in [4.69, 9.17) is 11.2 Å². The molecule has 0 aliphatic carbocycles. The number of allylic oxidation sites excluding steroid dienone is 1. The fourth-order valence-electron chi connectivity index (χ4n) is 2.14. The Morgan fingerprint density at radius 3 is 2.65 bits per heavy atom. The summed E-state index contributed by atoms with van der Waals surface area (Å²) in [7, 11) is 0. The molecule has 1 heterocycles. The van der Waals surface area contributed by atoms with Gasteiger partial charge in [-0.3, -0.25) is 0 Å². The molecule has 2 atom stereocenters. The number of ether oxygens (including phenoxy) is 1. The van der Waals surface area contributed by atoms with Crippen LogP contribution in [0, 0.1) is 24.2 Å². The zero-order valence-electron chi connectivity index (χ0n) is 12.0. The molecule has 0 saturated carbocycles. The van der Waals surface area contributed by atoms with Crippen molar-refractivity contribution >= 4 is 5.97 Å². The van der Waals surface area contributed by atoms with E-state index in [1.165, 1.54) is 0 Å². The van der Waals surface area contributed by atoms with Crippen molar-refractivity contribution in [1.82, 2.24) is 0 Å². The molecule has 1 fully saturated rings. The third-order valence-corrected chi connectivity index (χ3v) is 3.32. The first-order valence-electron chi connectivity index (χ1n) is 7.19. The van der Waals surface area contributed by atoms with E-state index in [0.29, 0.717) is 5.57 Å². The lowest BCUT2D eigenvalue weighted by Crippen LogP contribution is -2.17. The van der Waals surface area contributed by atoms with E-state index in [1.807, 2.05) is 6.08 Å². The van der Waals surface area contributed by atoms with E-state index in [0.717, 1.165) is 44.9 Å². The van der Waals surface area contributed by atoms with E-state index in [2.05, 4.69) is 17.8 Å². The van der Waals surface area contributed by atoms with Crippen LogP contribution in [0.25, 0.3) is 0 Å². The van der Waals surface area contributed by atoms with Crippen LogP contribution in [-0.4, -0.2) is 23.3 Å². The number of carbonyl (C=O) groups excluding carboxylic acids is 1. The maximum Gasteiger partial charge on any atom is 0.336 e. The standard InChI is InChI=1S/C17H22O3/c1-3-4-5-6-7-8-9-10-11-12-13-15-16(18)14(2)20-17(15)19/h1,13-14,16,18H,6-12H2,2H3/b15-13+/t14-,16+/m1/s1. The second-order valence-electron chi connectivity index (χ2n) is 4.97. The molecule has 0 bridgehead atoms. The van der Waals surface area contributed by atoms with Crippen LogP contribution in [0.2, 0.25) is 0 Å². The highest BCUT2D eigenvalue weighted by atomic mass is 16.6. The molecule has 0 amide bonds. The van der Waals surface area contributed by atoms with E-state index in [1.54, 1.807) is 6.92 Å². The first-order chi connectivity index (χ1) is 9.66. The fraction of sp³-hybridized carbons (Fsp3) is 0.588. The van der Waals surface area contributed by atoms with Crippen molar-refractivity contribution in [3.8, 4) is 24.2 Å². The summed E-state index contributed by atoms with van der Waals surface area (Å²) in [5.41, 5.74) is 0.419. The molecule has 3 nitrogen and oxygen atoms in total. The van der Waals surface area contributed by atoms with Crippen LogP contribution in [0.4, 0.5) is 0 Å². The molecular weight excluding hydrogens is 252 g/mol. The average molecular weight is 274 g/mol. The first-order valence-corrected chi connectivity index (χ1v) is 7.19. The Morgan fingerprint density at radius 2 is 2.00 bits per heavy atom. The van der Waals surface area contributed by atoms with Crippen LogP contribution in [0.3, 0.4) is 0 Å². The van der Waals surface area contributed by atoms with Gasteiger partial charge in [0.1, 0.15) is 12.2 Å². The molecule has 1 aliphatic heterocycles. The summed E-state index contributed by atoms with van der Waals surface area (Å²) in [6.07, 6.45) is 12.9. The van der Waals surface area contributed by atoms with Gasteiger partial charge in [0.05, 0.1) is 5.57 Å². The number of aliphatic hydroxyl groups is 1. The summed E-state index contributed by atoms with van der Waals surface area (Å²) >= 11 is 0. The van der Waals surface area contributed by atoms with Crippen LogP contribution in [0.5, 0.6) is 0 Å². The third kappa shape index (κ3) is 5.51. The number of hydrogen-bond acceptors (Lipinski definition) is 3. The predicted molar refractivity (Wildman–Crippen MR) is 78.6 cm³/mol. The SMILES string of the molecule is C#CC#CCCCCCCC/C=C1/C(=O)O[C@H](C)[C@@H]1O. The Morgan fingerprint density at radius 1 is 1.30 bits per heavy atom. The largest absolute Gasteiger partial charge is 0.456 e. The molecule has 108 valence electrons. The highest BCUT2D eigenvalue weighted by Gasteiger charge is 2.34. The molecule has 1 aliphatic rings. The van der Waals surface area contributed by atoms with Gasteiger partial charge in [-0.25, -0.2) is 4.79 Å². The Labute approximate surface area is 121 Å². The van der Waals surface area contributed by atoms with Crippen LogP contribution in [0.15, 0.2) is 11.6 Å². The number of hydrogen-bond donors (Lipinski definition) is 1. The quantitative estimate of drug-likeness (QED) is 0.336. The average Bonchev–Trinajstić information content (AvgIpc) is 2.67. The maximum absolute atomic E-state index is 11.4. The van der Waals surface area contributed by atoms with Crippen molar-refractivity contribution in [3.63, 3.8) is 0 Å². The maximum atomic E-state index is 11.4. The second kappa shape index (κ2) is 9.23. The van der Waals surface area contributed by atoms with Crippen molar-refractivity contribution in [1.29, 1.82) is 0 Å². The summed E-state index contributed by atoms with van der Waals surface area (Å²) in [6.45, 7) is 1.70. The number of aliphatic hydroxyl groups excluding tert-OH is 1. The lowest BCUT2D eigenvalue weighted by atomic mass is 10.0. The number of carbonyl (C=O) groups is 1. The predicted octanol–water partition coefficient (Wildman–Crippen LogP) is 2.59. The minimum absolute atomic E-state index is 0.378. The van der Waals surface area contributed by atoms with Gasteiger partial charge in [0, 0.05) is 6.42 Å². The highest BCUT2D eigenvalue weighted by molar-refractivity contribution is 5.92. The zero-order valence-corrected chi connectivity index (χ0v) is 12.0. The van der Waals surface area contributed by atoms with E-state index in [9.17, 15) is 9.90 Å². The van der Waals surface area contributed by atoms with Gasteiger partial charge in [-0.1, -0.05) is 31.3 Å². The number of unbranched alkanes of at least 4 members (excludes halogenated alkanes) is 6. The molecule has 0 spiro atoms. The molecule has 1 rings (SSSR count). The summed E-state index contributed by atoms with van der Waals surface area (Å²) in [4.78, 5) is 11.4. The molecule has 1 saturated heterocycles. The third-order valence-electron chi connectivity index (χ3n) is 3.32. The van der Waals surface area contributed by atoms with Gasteiger partial charge in [-0.2, -0.15) is 0 Å². The van der Waals surface area contributed by atoms with Crippen molar-refractivity contribution in [2.75, 3.05) is 0 Å². The van der Waals surface area contributed by atoms with Gasteiger partial charge in [0.25, 0.3) is 0 Å². The van der Waals surface area contributed by atoms with Gasteiger partial charge in [-0.05, 0) is 38.0 Å². The molecule has 0 aromatic carbocycles. The second-order valence-corrected chi connectivity index (χ2v) is 4.97. The minimum Gasteiger partial charge on any atom is -0.456 e. The van der Waals surface area contributed by atoms with Gasteiger partial charge in [0.2, 0.25) is 0 Å². The fourth-order valence-corrected chi connectivity index (χ4v) is 2.14. The van der Waals surface area contributed by atoms with Crippen LogP contribution < -0.4 is 0 Å². The first kappa shape index (κ1) is 16.3. The Balaban J connectivity index is 2.08. The molecule has 1 N–H and O–H groups in total. The summed E-state index contributed by atoms with van der Waals surface area (Å²) in [5, 5.41) is 9.73. The highest BCUT2D eigenvalue weighted by Crippen LogP contribution is 2.21. The number of terminal acetylenes is 1. The van der Waals surface area contributed by atoms with Crippen LogP contribution in [-0.2, 0) is 9.53 Å². The van der Waals surface area contributed by atoms with Crippen LogP contribution in [0.1, 0.15) is 51.9 Å². The van der Waals surface area contributed by atoms with Crippen molar-refractivity contribution in [3.05, 3.63) is 11.6 Å². The molecule has 20 heavy (non-hydrogen) atoms. The molecule has 0 aromatic rings. The van der Waals surface area contributed by atoms with E-state index in [-0.39, 0.29) is 5.97 Å². The lowest BCUT2D eigenvalue weighted by molar-refractivity contribution is -0.138. The normalized spacial score (nSPS) is 23.1. The monoisotopic (exact) mass is 274 g/mol. The molecule has 0 radical (unpaired) electrons. The zero-order chi connectivity index (χ0) is 14.8. The van der Waals surface area contributed by atoms with Crippen molar-refractivity contribution in [2.45, 2.75) is 64.1 Å². The summed E-state index contributed by atoms with van der Waals surface area (Å²) < 4.78 is 4.94. The smallest absolute Gasteiger partial charge is 0.336 e. The van der Waals surface area contributed by atoms with Gasteiger partial charge in [0.15, 0.2) is 0 Å². The summed E-state index contributed by atoms with van der Waals surface area (Å²) in [6, 6.07) is 0. The summed E-state index contributed by atoms with van der Waals surface area (Å²) in [5.74, 6) is 7.44. The lowest BCUT2D eigenvalue weighted by Gasteiger charge is -2.04. The van der Waals surface area contributed by atoms with Gasteiger partial charge in [-0.15, -0.1) is 6.42 Å². The molecule has 0 unspecified atom stereocenters. The van der Waals surface area contributed by atoms with E-state index >= 15 is 0 Å². The van der Waals surface area contributed by atoms with E-state index < -0.39 is 12.2 Å². The Hall–Kier alpha value is -1.71. The van der Waals surface area contributed by atoms with Gasteiger partial charge >= 0.3 is 5.97 Å². The number of rotatable bonds is 7.